The van der Waals surface area contributed by atoms with Gasteiger partial charge in [0.1, 0.15) is 5.58 Å². The number of para-hydroxylation sites is 1. The second-order valence-electron chi connectivity index (χ2n) is 10.7. The van der Waals surface area contributed by atoms with Crippen molar-refractivity contribution < 1.29 is 27.2 Å². The summed E-state index contributed by atoms with van der Waals surface area (Å²) in [6.07, 6.45) is 7.84. The van der Waals surface area contributed by atoms with Gasteiger partial charge in [-0.2, -0.15) is 4.31 Å². The van der Waals surface area contributed by atoms with E-state index in [1.165, 1.54) is 12.3 Å². The molecule has 3 aromatic rings. The van der Waals surface area contributed by atoms with E-state index in [1.54, 1.807) is 30.3 Å². The van der Waals surface area contributed by atoms with Gasteiger partial charge in [-0.05, 0) is 43.4 Å². The Morgan fingerprint density at radius 3 is 2.52 bits per heavy atom. The van der Waals surface area contributed by atoms with Crippen LogP contribution in [0.15, 0.2) is 58.1 Å². The number of ketones is 1. The summed E-state index contributed by atoms with van der Waals surface area (Å²) in [5, 5.41) is 3.43. The van der Waals surface area contributed by atoms with Gasteiger partial charge in [0.05, 0.1) is 18.5 Å². The van der Waals surface area contributed by atoms with Gasteiger partial charge >= 0.3 is 0 Å². The Bertz CT molecular complexity index is 1500. The van der Waals surface area contributed by atoms with Crippen LogP contribution >= 0.6 is 0 Å². The van der Waals surface area contributed by atoms with Gasteiger partial charge in [0.25, 0.3) is 15.9 Å². The molecule has 10 nitrogen and oxygen atoms in total. The lowest BCUT2D eigenvalue weighted by Gasteiger charge is -2.27. The second kappa shape index (κ2) is 11.9. The maximum atomic E-state index is 14.0. The molecule has 5 rings (SSSR count). The number of hydrogen-bond acceptors (Lipinski definition) is 7. The van der Waals surface area contributed by atoms with Crippen LogP contribution < -0.4 is 11.1 Å². The van der Waals surface area contributed by atoms with Crippen molar-refractivity contribution in [3.05, 3.63) is 60.0 Å². The number of carbonyl (C=O) groups excluding carboxylic acids is 3. The van der Waals surface area contributed by atoms with Crippen molar-refractivity contribution in [3.8, 4) is 0 Å². The number of pyridine rings is 1. The summed E-state index contributed by atoms with van der Waals surface area (Å²) >= 11 is 0. The molecular weight excluding hydrogens is 532 g/mol. The molecule has 1 aliphatic heterocycles. The van der Waals surface area contributed by atoms with Crippen molar-refractivity contribution in [3.63, 3.8) is 0 Å². The monoisotopic (exact) mass is 566 g/mol. The van der Waals surface area contributed by atoms with E-state index in [1.807, 2.05) is 6.07 Å². The number of Topliss-reactive ketones (excluding diaryl/α,β-unsaturated/α-hetero) is 1. The average molecular weight is 567 g/mol. The number of primary amides is 1. The summed E-state index contributed by atoms with van der Waals surface area (Å²) in [6.45, 7) is -0.223. The van der Waals surface area contributed by atoms with E-state index in [9.17, 15) is 22.8 Å². The minimum Gasteiger partial charge on any atom is -0.451 e. The molecule has 11 heteroatoms. The summed E-state index contributed by atoms with van der Waals surface area (Å²) in [5.41, 5.74) is 6.61. The first-order valence-corrected chi connectivity index (χ1v) is 15.2. The summed E-state index contributed by atoms with van der Waals surface area (Å²) in [6, 6.07) is 10.9. The first-order valence-electron chi connectivity index (χ1n) is 13.8. The number of nitrogens with one attached hydrogen (secondary N) is 1. The molecule has 2 aliphatic rings. The number of aromatic nitrogens is 1. The van der Waals surface area contributed by atoms with E-state index < -0.39 is 33.7 Å². The van der Waals surface area contributed by atoms with E-state index in [-0.39, 0.29) is 35.7 Å². The van der Waals surface area contributed by atoms with E-state index >= 15 is 0 Å². The molecule has 1 saturated heterocycles. The summed E-state index contributed by atoms with van der Waals surface area (Å²) < 4.78 is 33.1. The Morgan fingerprint density at radius 1 is 1.05 bits per heavy atom. The number of nitrogens with two attached hydrogens (primary N) is 1. The molecule has 0 radical (unpaired) electrons. The Balaban J connectivity index is 1.41. The number of rotatable bonds is 8. The number of amides is 2. The number of carbonyl (C=O) groups is 3. The fraction of sp³-hybridized carbons (Fsp3) is 0.448. The molecule has 212 valence electrons. The SMILES string of the molecule is NC(=O)c1oc2ccccc2c1[C@H](CC1CCCCC1)C(=O)NC1CCCN(S(=O)(=O)c2ccccn2)CC1=O. The van der Waals surface area contributed by atoms with Crippen molar-refractivity contribution in [2.24, 2.45) is 11.7 Å². The second-order valence-corrected chi connectivity index (χ2v) is 12.6. The largest absolute Gasteiger partial charge is 0.451 e. The Hall–Kier alpha value is -3.57. The number of sulfonamides is 1. The van der Waals surface area contributed by atoms with Crippen LogP contribution in [0.4, 0.5) is 0 Å². The molecule has 3 heterocycles. The van der Waals surface area contributed by atoms with Crippen LogP contribution in [0.5, 0.6) is 0 Å². The highest BCUT2D eigenvalue weighted by Crippen LogP contribution is 2.39. The number of nitrogens with zero attached hydrogens (tertiary/aromatic N) is 2. The zero-order valence-corrected chi connectivity index (χ0v) is 23.1. The fourth-order valence-electron chi connectivity index (χ4n) is 5.96. The average Bonchev–Trinajstić information content (AvgIpc) is 3.25. The maximum Gasteiger partial charge on any atom is 0.284 e. The number of benzene rings is 1. The molecule has 3 N–H and O–H groups in total. The minimum absolute atomic E-state index is 0.0445. The van der Waals surface area contributed by atoms with Gasteiger partial charge in [-0.1, -0.05) is 56.4 Å². The van der Waals surface area contributed by atoms with Gasteiger partial charge < -0.3 is 15.5 Å². The van der Waals surface area contributed by atoms with Crippen LogP contribution in [0.1, 0.15) is 73.4 Å². The Kier molecular flexibility index (Phi) is 8.32. The van der Waals surface area contributed by atoms with E-state index in [0.29, 0.717) is 35.8 Å². The Morgan fingerprint density at radius 2 is 1.80 bits per heavy atom. The lowest BCUT2D eigenvalue weighted by molar-refractivity contribution is -0.128. The van der Waals surface area contributed by atoms with Crippen molar-refractivity contribution in [2.75, 3.05) is 13.1 Å². The fourth-order valence-corrected chi connectivity index (χ4v) is 7.34. The Labute approximate surface area is 233 Å². The molecule has 0 bridgehead atoms. The molecule has 0 spiro atoms. The van der Waals surface area contributed by atoms with Crippen LogP contribution in [-0.2, 0) is 19.6 Å². The molecular formula is C29H34N4O6S. The lowest BCUT2D eigenvalue weighted by atomic mass is 9.79. The first kappa shape index (κ1) is 28.0. The topological polar surface area (TPSA) is 153 Å². The third-order valence-electron chi connectivity index (χ3n) is 8.00. The molecule has 2 amide bonds. The molecule has 1 unspecified atom stereocenters. The van der Waals surface area contributed by atoms with Gasteiger partial charge in [0.15, 0.2) is 16.6 Å². The third kappa shape index (κ3) is 5.80. The van der Waals surface area contributed by atoms with E-state index in [4.69, 9.17) is 10.2 Å². The summed E-state index contributed by atoms with van der Waals surface area (Å²) in [4.78, 5) is 43.6. The molecule has 2 atom stereocenters. The van der Waals surface area contributed by atoms with Gasteiger partial charge in [-0.15, -0.1) is 0 Å². The molecule has 1 aliphatic carbocycles. The third-order valence-corrected chi connectivity index (χ3v) is 9.76. The van der Waals surface area contributed by atoms with Gasteiger partial charge in [-0.3, -0.25) is 14.4 Å². The quantitative estimate of drug-likeness (QED) is 0.423. The predicted molar refractivity (Wildman–Crippen MR) is 148 cm³/mol. The van der Waals surface area contributed by atoms with Crippen LogP contribution in [0.2, 0.25) is 0 Å². The van der Waals surface area contributed by atoms with Crippen LogP contribution in [0, 0.1) is 5.92 Å². The zero-order valence-electron chi connectivity index (χ0n) is 22.3. The van der Waals surface area contributed by atoms with Crippen LogP contribution in [-0.4, -0.2) is 54.4 Å². The first-order chi connectivity index (χ1) is 19.3. The molecule has 2 aromatic heterocycles. The molecule has 1 saturated carbocycles. The zero-order chi connectivity index (χ0) is 28.3. The molecule has 40 heavy (non-hydrogen) atoms. The maximum absolute atomic E-state index is 14.0. The van der Waals surface area contributed by atoms with E-state index in [2.05, 4.69) is 10.3 Å². The number of hydrogen-bond donors (Lipinski definition) is 2. The molecule has 1 aromatic carbocycles. The number of furan rings is 1. The normalized spacial score (nSPS) is 20.2. The highest BCUT2D eigenvalue weighted by molar-refractivity contribution is 7.89. The van der Waals surface area contributed by atoms with Gasteiger partial charge in [0, 0.05) is 23.7 Å². The van der Waals surface area contributed by atoms with Gasteiger partial charge in [0.2, 0.25) is 5.91 Å². The van der Waals surface area contributed by atoms with Crippen LogP contribution in [0.25, 0.3) is 11.0 Å². The summed E-state index contributed by atoms with van der Waals surface area (Å²) in [7, 11) is -3.96. The molecule has 2 fully saturated rings. The number of fused-ring (bicyclic) bond motifs is 1. The predicted octanol–water partition coefficient (Wildman–Crippen LogP) is 3.52. The van der Waals surface area contributed by atoms with E-state index in [0.717, 1.165) is 36.4 Å². The van der Waals surface area contributed by atoms with Crippen molar-refractivity contribution in [1.82, 2.24) is 14.6 Å². The highest BCUT2D eigenvalue weighted by Gasteiger charge is 2.37. The van der Waals surface area contributed by atoms with Crippen molar-refractivity contribution in [1.29, 1.82) is 0 Å². The van der Waals surface area contributed by atoms with Crippen molar-refractivity contribution >= 4 is 38.6 Å². The van der Waals surface area contributed by atoms with Gasteiger partial charge in [-0.25, -0.2) is 13.4 Å². The lowest BCUT2D eigenvalue weighted by Crippen LogP contribution is -2.46. The van der Waals surface area contributed by atoms with Crippen LogP contribution in [0.3, 0.4) is 0 Å². The summed E-state index contributed by atoms with van der Waals surface area (Å²) in [5.74, 6) is -2.06. The highest BCUT2D eigenvalue weighted by atomic mass is 32.2. The van der Waals surface area contributed by atoms with Crippen molar-refractivity contribution in [2.45, 2.75) is 68.4 Å². The standard InChI is InChI=1S/C29H34N4O6S/c30-28(35)27-26(20-11-4-5-13-24(20)39-27)21(17-19-9-2-1-3-10-19)29(36)32-22-12-8-16-33(18-23(22)34)40(37,38)25-14-6-7-15-31-25/h4-7,11,13-15,19,21-22H,1-3,8-10,12,16-18H2,(H2,30,35)(H,32,36)/t21-,22?/m0/s1. The smallest absolute Gasteiger partial charge is 0.284 e. The minimum atomic E-state index is -3.96.